The van der Waals surface area contributed by atoms with E-state index in [0.29, 0.717) is 11.6 Å². The second kappa shape index (κ2) is 6.40. The molecular formula is C15H22ClN2O+. The number of piperidine rings is 1. The topological polar surface area (TPSA) is 33.5 Å². The summed E-state index contributed by atoms with van der Waals surface area (Å²) in [6, 6.07) is 5.60. The van der Waals surface area contributed by atoms with Crippen LogP contribution in [0.4, 0.5) is 5.69 Å². The summed E-state index contributed by atoms with van der Waals surface area (Å²) in [5.41, 5.74) is 1.75. The largest absolute Gasteiger partial charge is 0.327 e. The Morgan fingerprint density at radius 3 is 3.05 bits per heavy atom. The lowest BCUT2D eigenvalue weighted by Crippen LogP contribution is -3.14. The Kier molecular flexibility index (Phi) is 4.83. The van der Waals surface area contributed by atoms with E-state index in [-0.39, 0.29) is 5.91 Å². The van der Waals surface area contributed by atoms with E-state index in [0.717, 1.165) is 30.3 Å². The molecule has 1 heterocycles. The van der Waals surface area contributed by atoms with E-state index in [1.54, 1.807) is 0 Å². The number of benzene rings is 1. The van der Waals surface area contributed by atoms with Crippen molar-refractivity contribution in [2.24, 2.45) is 5.92 Å². The van der Waals surface area contributed by atoms with Gasteiger partial charge in [0.05, 0.1) is 13.1 Å². The van der Waals surface area contributed by atoms with E-state index >= 15 is 0 Å². The van der Waals surface area contributed by atoms with Crippen molar-refractivity contribution in [3.8, 4) is 0 Å². The zero-order valence-electron chi connectivity index (χ0n) is 11.6. The summed E-state index contributed by atoms with van der Waals surface area (Å²) in [5, 5.41) is 3.66. The van der Waals surface area contributed by atoms with Crippen molar-refractivity contribution in [1.29, 1.82) is 0 Å². The summed E-state index contributed by atoms with van der Waals surface area (Å²) < 4.78 is 0. The summed E-state index contributed by atoms with van der Waals surface area (Å²) >= 11 is 6.05. The number of hydrogen-bond acceptors (Lipinski definition) is 1. The fraction of sp³-hybridized carbons (Fsp3) is 0.533. The van der Waals surface area contributed by atoms with Gasteiger partial charge in [-0.1, -0.05) is 24.6 Å². The van der Waals surface area contributed by atoms with Gasteiger partial charge in [-0.15, -0.1) is 0 Å². The van der Waals surface area contributed by atoms with Crippen molar-refractivity contribution in [1.82, 2.24) is 0 Å². The Labute approximate surface area is 119 Å². The van der Waals surface area contributed by atoms with Crippen LogP contribution >= 0.6 is 11.6 Å². The molecule has 0 spiro atoms. The first kappa shape index (κ1) is 14.4. The second-order valence-corrected chi connectivity index (χ2v) is 6.00. The maximum absolute atomic E-state index is 12.1. The van der Waals surface area contributed by atoms with Gasteiger partial charge in [0.2, 0.25) is 0 Å². The Hall–Kier alpha value is -1.06. The number of amides is 1. The number of hydrogen-bond donors (Lipinski definition) is 2. The van der Waals surface area contributed by atoms with Gasteiger partial charge >= 0.3 is 0 Å². The van der Waals surface area contributed by atoms with Gasteiger partial charge < -0.3 is 10.2 Å². The summed E-state index contributed by atoms with van der Waals surface area (Å²) in [4.78, 5) is 13.5. The Bertz CT molecular complexity index is 461. The standard InChI is InChI=1S/C15H21ClN2O/c1-11-5-4-8-18(9-11)10-15(19)17-14-7-3-6-13(16)12(14)2/h3,6-7,11H,4-5,8-10H2,1-2H3,(H,17,19)/p+1/t11-/m1/s1. The van der Waals surface area contributed by atoms with Gasteiger partial charge in [0.15, 0.2) is 6.54 Å². The molecule has 1 aromatic rings. The smallest absolute Gasteiger partial charge is 0.279 e. The van der Waals surface area contributed by atoms with E-state index in [1.807, 2.05) is 25.1 Å². The molecule has 1 aliphatic rings. The second-order valence-electron chi connectivity index (χ2n) is 5.59. The van der Waals surface area contributed by atoms with Gasteiger partial charge in [0, 0.05) is 16.6 Å². The number of carbonyl (C=O) groups is 1. The molecule has 0 aromatic heterocycles. The normalized spacial score (nSPS) is 23.1. The highest BCUT2D eigenvalue weighted by molar-refractivity contribution is 6.31. The molecule has 19 heavy (non-hydrogen) atoms. The van der Waals surface area contributed by atoms with E-state index in [1.165, 1.54) is 17.7 Å². The molecule has 1 amide bonds. The number of rotatable bonds is 3. The fourth-order valence-corrected chi connectivity index (χ4v) is 2.90. The maximum atomic E-state index is 12.1. The third-order valence-electron chi connectivity index (χ3n) is 3.82. The minimum atomic E-state index is 0.0782. The third kappa shape index (κ3) is 3.95. The Morgan fingerprint density at radius 1 is 1.53 bits per heavy atom. The zero-order valence-corrected chi connectivity index (χ0v) is 12.4. The van der Waals surface area contributed by atoms with Crippen LogP contribution in [-0.4, -0.2) is 25.5 Å². The van der Waals surface area contributed by atoms with Gasteiger partial charge in [-0.3, -0.25) is 4.79 Å². The van der Waals surface area contributed by atoms with E-state index in [4.69, 9.17) is 11.6 Å². The van der Waals surface area contributed by atoms with Gasteiger partial charge in [-0.25, -0.2) is 0 Å². The van der Waals surface area contributed by atoms with Crippen LogP contribution in [0.5, 0.6) is 0 Å². The number of carbonyl (C=O) groups excluding carboxylic acids is 1. The first-order valence-electron chi connectivity index (χ1n) is 6.95. The molecule has 2 rings (SSSR count). The SMILES string of the molecule is Cc1c(Cl)cccc1NC(=O)C[NH+]1CCC[C@@H](C)C1. The lowest BCUT2D eigenvalue weighted by Gasteiger charge is -2.27. The molecule has 2 N–H and O–H groups in total. The maximum Gasteiger partial charge on any atom is 0.279 e. The first-order chi connectivity index (χ1) is 9.06. The quantitative estimate of drug-likeness (QED) is 0.872. The first-order valence-corrected chi connectivity index (χ1v) is 7.32. The molecule has 3 nitrogen and oxygen atoms in total. The molecule has 1 fully saturated rings. The van der Waals surface area contributed by atoms with Crippen LogP contribution in [0.15, 0.2) is 18.2 Å². The predicted molar refractivity (Wildman–Crippen MR) is 78.8 cm³/mol. The third-order valence-corrected chi connectivity index (χ3v) is 4.23. The molecule has 0 bridgehead atoms. The molecule has 1 saturated heterocycles. The number of likely N-dealkylation sites (tertiary alicyclic amines) is 1. The monoisotopic (exact) mass is 281 g/mol. The predicted octanol–water partition coefficient (Wildman–Crippen LogP) is 1.90. The molecule has 1 aromatic carbocycles. The summed E-state index contributed by atoms with van der Waals surface area (Å²) in [7, 11) is 0. The molecule has 4 heteroatoms. The molecule has 1 aliphatic heterocycles. The zero-order chi connectivity index (χ0) is 13.8. The van der Waals surface area contributed by atoms with Crippen molar-refractivity contribution in [3.05, 3.63) is 28.8 Å². The van der Waals surface area contributed by atoms with Gasteiger partial charge in [0.25, 0.3) is 5.91 Å². The molecule has 0 saturated carbocycles. The van der Waals surface area contributed by atoms with Crippen LogP contribution in [0.25, 0.3) is 0 Å². The van der Waals surface area contributed by atoms with E-state index < -0.39 is 0 Å². The number of halogens is 1. The molecular weight excluding hydrogens is 260 g/mol. The minimum absolute atomic E-state index is 0.0782. The van der Waals surface area contributed by atoms with Gasteiger partial charge in [0.1, 0.15) is 0 Å². The fourth-order valence-electron chi connectivity index (χ4n) is 2.72. The summed E-state index contributed by atoms with van der Waals surface area (Å²) in [6.45, 7) is 6.94. The van der Waals surface area contributed by atoms with Crippen molar-refractivity contribution >= 4 is 23.2 Å². The molecule has 1 unspecified atom stereocenters. The molecule has 104 valence electrons. The van der Waals surface area contributed by atoms with Crippen LogP contribution in [0.2, 0.25) is 5.02 Å². The van der Waals surface area contributed by atoms with Crippen LogP contribution in [-0.2, 0) is 4.79 Å². The van der Waals surface area contributed by atoms with Crippen LogP contribution in [0.3, 0.4) is 0 Å². The number of nitrogens with one attached hydrogen (secondary N) is 2. The van der Waals surface area contributed by atoms with Gasteiger partial charge in [-0.05, 0) is 37.5 Å². The Balaban J connectivity index is 1.92. The lowest BCUT2D eigenvalue weighted by molar-refractivity contribution is -0.900. The van der Waals surface area contributed by atoms with Crippen LogP contribution in [0, 0.1) is 12.8 Å². The van der Waals surface area contributed by atoms with Crippen molar-refractivity contribution in [3.63, 3.8) is 0 Å². The van der Waals surface area contributed by atoms with Crippen LogP contribution in [0.1, 0.15) is 25.3 Å². The van der Waals surface area contributed by atoms with E-state index in [2.05, 4.69) is 12.2 Å². The highest BCUT2D eigenvalue weighted by Crippen LogP contribution is 2.22. The van der Waals surface area contributed by atoms with Crippen LogP contribution < -0.4 is 10.2 Å². The lowest BCUT2D eigenvalue weighted by atomic mass is 10.0. The molecule has 0 radical (unpaired) electrons. The molecule has 2 atom stereocenters. The highest BCUT2D eigenvalue weighted by Gasteiger charge is 2.22. The number of quaternary nitrogens is 1. The van der Waals surface area contributed by atoms with Crippen molar-refractivity contribution in [2.45, 2.75) is 26.7 Å². The minimum Gasteiger partial charge on any atom is -0.327 e. The van der Waals surface area contributed by atoms with E-state index in [9.17, 15) is 4.79 Å². The molecule has 0 aliphatic carbocycles. The average molecular weight is 282 g/mol. The van der Waals surface area contributed by atoms with Gasteiger partial charge in [-0.2, -0.15) is 0 Å². The van der Waals surface area contributed by atoms with Crippen molar-refractivity contribution in [2.75, 3.05) is 25.0 Å². The average Bonchev–Trinajstić information content (AvgIpc) is 2.35. The summed E-state index contributed by atoms with van der Waals surface area (Å²) in [5.74, 6) is 0.805. The number of anilines is 1. The summed E-state index contributed by atoms with van der Waals surface area (Å²) in [6.07, 6.45) is 2.51. The Morgan fingerprint density at radius 2 is 2.32 bits per heavy atom. The van der Waals surface area contributed by atoms with Crippen molar-refractivity contribution < 1.29 is 9.69 Å². The highest BCUT2D eigenvalue weighted by atomic mass is 35.5.